The Morgan fingerprint density at radius 1 is 1.10 bits per heavy atom. The quantitative estimate of drug-likeness (QED) is 0.308. The number of carbonyl (C=O) groups is 2. The lowest BCUT2D eigenvalue weighted by Crippen LogP contribution is -2.16. The fourth-order valence-corrected chi connectivity index (χ4v) is 3.79. The number of aromatic carboxylic acids is 1. The number of hydrogen-bond acceptors (Lipinski definition) is 4. The van der Waals surface area contributed by atoms with Crippen molar-refractivity contribution >= 4 is 45.0 Å². The molecule has 0 radical (unpaired) electrons. The number of furan rings is 1. The van der Waals surface area contributed by atoms with Gasteiger partial charge in [0.05, 0.1) is 11.8 Å². The van der Waals surface area contributed by atoms with Gasteiger partial charge in [-0.15, -0.1) is 0 Å². The average molecular weight is 480 g/mol. The van der Waals surface area contributed by atoms with E-state index in [2.05, 4.69) is 26.5 Å². The number of amides is 1. The molecule has 156 valence electrons. The van der Waals surface area contributed by atoms with Crippen molar-refractivity contribution in [3.8, 4) is 5.69 Å². The Morgan fingerprint density at radius 2 is 1.84 bits per heavy atom. The molecule has 2 N–H and O–H groups in total. The van der Waals surface area contributed by atoms with E-state index in [1.54, 1.807) is 42.6 Å². The van der Waals surface area contributed by atoms with E-state index in [4.69, 9.17) is 9.52 Å². The molecule has 31 heavy (non-hydrogen) atoms. The van der Waals surface area contributed by atoms with Crippen LogP contribution in [0.3, 0.4) is 0 Å². The number of aryl methyl sites for hydroxylation is 1. The van der Waals surface area contributed by atoms with Crippen molar-refractivity contribution in [2.24, 2.45) is 5.10 Å². The van der Waals surface area contributed by atoms with Gasteiger partial charge in [0.1, 0.15) is 5.58 Å². The number of carbonyl (C=O) groups excluding carboxylic acids is 1. The van der Waals surface area contributed by atoms with Crippen LogP contribution in [0.15, 0.2) is 68.6 Å². The van der Waals surface area contributed by atoms with Gasteiger partial charge in [-0.2, -0.15) is 5.10 Å². The van der Waals surface area contributed by atoms with Gasteiger partial charge in [-0.05, 0) is 68.4 Å². The molecule has 0 fully saturated rings. The first-order valence-corrected chi connectivity index (χ1v) is 10.2. The zero-order valence-corrected chi connectivity index (χ0v) is 18.3. The summed E-state index contributed by atoms with van der Waals surface area (Å²) in [6.45, 7) is 3.87. The number of nitrogens with one attached hydrogen (secondary N) is 1. The van der Waals surface area contributed by atoms with E-state index in [1.165, 1.54) is 0 Å². The number of aromatic nitrogens is 1. The molecule has 0 atom stereocenters. The second-order valence-electron chi connectivity index (χ2n) is 7.01. The molecular formula is C23H18BrN3O4. The van der Waals surface area contributed by atoms with Crippen molar-refractivity contribution in [1.29, 1.82) is 0 Å². The van der Waals surface area contributed by atoms with E-state index in [1.807, 2.05) is 36.6 Å². The van der Waals surface area contributed by atoms with Crippen molar-refractivity contribution in [2.45, 2.75) is 13.8 Å². The molecule has 0 bridgehead atoms. The van der Waals surface area contributed by atoms with Crippen molar-refractivity contribution < 1.29 is 19.1 Å². The van der Waals surface area contributed by atoms with Crippen LogP contribution in [0.5, 0.6) is 0 Å². The van der Waals surface area contributed by atoms with Crippen LogP contribution in [0.1, 0.15) is 37.9 Å². The summed E-state index contributed by atoms with van der Waals surface area (Å²) in [7, 11) is 0. The van der Waals surface area contributed by atoms with E-state index < -0.39 is 11.9 Å². The Bertz CT molecular complexity index is 1330. The van der Waals surface area contributed by atoms with Crippen molar-refractivity contribution in [3.05, 3.63) is 87.3 Å². The van der Waals surface area contributed by atoms with Gasteiger partial charge in [-0.3, -0.25) is 4.79 Å². The molecule has 0 spiro atoms. The molecule has 0 saturated heterocycles. The predicted molar refractivity (Wildman–Crippen MR) is 121 cm³/mol. The van der Waals surface area contributed by atoms with E-state index >= 15 is 0 Å². The zero-order chi connectivity index (χ0) is 22.1. The number of hydrogen-bond donors (Lipinski definition) is 2. The lowest BCUT2D eigenvalue weighted by molar-refractivity contribution is 0.0696. The third kappa shape index (κ3) is 4.15. The van der Waals surface area contributed by atoms with Crippen LogP contribution in [0.4, 0.5) is 0 Å². The highest BCUT2D eigenvalue weighted by molar-refractivity contribution is 9.10. The number of carboxylic acid groups (broad SMARTS) is 1. The molecule has 0 saturated carbocycles. The molecule has 7 nitrogen and oxygen atoms in total. The highest BCUT2D eigenvalue weighted by atomic mass is 79.9. The van der Waals surface area contributed by atoms with Crippen LogP contribution in [0.2, 0.25) is 0 Å². The molecule has 0 aliphatic heterocycles. The van der Waals surface area contributed by atoms with Gasteiger partial charge in [0.25, 0.3) is 0 Å². The van der Waals surface area contributed by atoms with Gasteiger partial charge in [0, 0.05) is 32.5 Å². The molecule has 0 aliphatic rings. The summed E-state index contributed by atoms with van der Waals surface area (Å²) >= 11 is 3.39. The molecule has 2 aromatic heterocycles. The third-order valence-corrected chi connectivity index (χ3v) is 5.41. The minimum atomic E-state index is -0.965. The van der Waals surface area contributed by atoms with Gasteiger partial charge in [-0.1, -0.05) is 15.9 Å². The maximum atomic E-state index is 12.4. The molecular weight excluding hydrogens is 462 g/mol. The van der Waals surface area contributed by atoms with Gasteiger partial charge in [0.2, 0.25) is 0 Å². The standard InChI is InChI=1S/C23H18BrN3O4/c1-13-9-17(14(2)27(13)19-6-3-15(4-7-19)23(29)30)12-25-26-22(28)21-11-16-10-18(24)5-8-20(16)31-21/h3-12H,1-2H3,(H,26,28)(H,29,30)/b25-12+. The Balaban J connectivity index is 1.52. The largest absolute Gasteiger partial charge is 0.478 e. The van der Waals surface area contributed by atoms with Crippen molar-refractivity contribution in [1.82, 2.24) is 9.99 Å². The normalized spacial score (nSPS) is 11.3. The fraction of sp³-hybridized carbons (Fsp3) is 0.0870. The number of rotatable bonds is 5. The van der Waals surface area contributed by atoms with Crippen LogP contribution < -0.4 is 5.43 Å². The smallest absolute Gasteiger partial charge is 0.335 e. The number of carboxylic acids is 1. The van der Waals surface area contributed by atoms with Crippen molar-refractivity contribution in [3.63, 3.8) is 0 Å². The maximum Gasteiger partial charge on any atom is 0.335 e. The highest BCUT2D eigenvalue weighted by Gasteiger charge is 2.13. The van der Waals surface area contributed by atoms with E-state index in [-0.39, 0.29) is 11.3 Å². The molecule has 2 heterocycles. The Hall–Kier alpha value is -3.65. The van der Waals surface area contributed by atoms with E-state index in [9.17, 15) is 9.59 Å². The summed E-state index contributed by atoms with van der Waals surface area (Å²) in [5.41, 5.74) is 6.88. The number of benzene rings is 2. The first-order chi connectivity index (χ1) is 14.8. The second kappa shape index (κ2) is 8.23. The average Bonchev–Trinajstić information content (AvgIpc) is 3.28. The summed E-state index contributed by atoms with van der Waals surface area (Å²) in [4.78, 5) is 23.4. The molecule has 8 heteroatoms. The number of fused-ring (bicyclic) bond motifs is 1. The van der Waals surface area contributed by atoms with Gasteiger partial charge < -0.3 is 14.1 Å². The highest BCUT2D eigenvalue weighted by Crippen LogP contribution is 2.23. The number of hydrazone groups is 1. The zero-order valence-electron chi connectivity index (χ0n) is 16.7. The van der Waals surface area contributed by atoms with Crippen LogP contribution in [0, 0.1) is 13.8 Å². The minimum Gasteiger partial charge on any atom is -0.478 e. The minimum absolute atomic E-state index is 0.175. The maximum absolute atomic E-state index is 12.4. The first-order valence-electron chi connectivity index (χ1n) is 9.38. The van der Waals surface area contributed by atoms with Crippen LogP contribution in [0.25, 0.3) is 16.7 Å². The second-order valence-corrected chi connectivity index (χ2v) is 7.92. The fourth-order valence-electron chi connectivity index (χ4n) is 3.41. The molecule has 0 aliphatic carbocycles. The number of nitrogens with zero attached hydrogens (tertiary/aromatic N) is 2. The Morgan fingerprint density at radius 3 is 2.55 bits per heavy atom. The van der Waals surface area contributed by atoms with Crippen LogP contribution >= 0.6 is 15.9 Å². The van der Waals surface area contributed by atoms with Crippen molar-refractivity contribution in [2.75, 3.05) is 0 Å². The monoisotopic (exact) mass is 479 g/mol. The summed E-state index contributed by atoms with van der Waals surface area (Å²) in [5, 5.41) is 14.0. The van der Waals surface area contributed by atoms with Gasteiger partial charge >= 0.3 is 11.9 Å². The molecule has 4 rings (SSSR count). The summed E-state index contributed by atoms with van der Waals surface area (Å²) < 4.78 is 8.46. The van der Waals surface area contributed by atoms with E-state index in [0.717, 1.165) is 32.5 Å². The Kier molecular flexibility index (Phi) is 5.48. The van der Waals surface area contributed by atoms with E-state index in [0.29, 0.717) is 5.58 Å². The first kappa shape index (κ1) is 20.6. The van der Waals surface area contributed by atoms with Gasteiger partial charge in [-0.25, -0.2) is 10.2 Å². The lowest BCUT2D eigenvalue weighted by Gasteiger charge is -2.09. The van der Waals surface area contributed by atoms with Crippen LogP contribution in [-0.4, -0.2) is 27.8 Å². The molecule has 4 aromatic rings. The predicted octanol–water partition coefficient (Wildman–Crippen LogP) is 5.06. The molecule has 0 unspecified atom stereocenters. The Labute approximate surface area is 186 Å². The third-order valence-electron chi connectivity index (χ3n) is 4.91. The summed E-state index contributed by atoms with van der Waals surface area (Å²) in [6, 6.07) is 15.8. The van der Waals surface area contributed by atoms with Crippen LogP contribution in [-0.2, 0) is 0 Å². The van der Waals surface area contributed by atoms with Gasteiger partial charge in [0.15, 0.2) is 5.76 Å². The molecule has 2 aromatic carbocycles. The topological polar surface area (TPSA) is 96.8 Å². The summed E-state index contributed by atoms with van der Waals surface area (Å²) in [5.74, 6) is -1.23. The lowest BCUT2D eigenvalue weighted by atomic mass is 10.2. The molecule has 1 amide bonds. The SMILES string of the molecule is Cc1cc(/C=N/NC(=O)c2cc3cc(Br)ccc3o2)c(C)n1-c1ccc(C(=O)O)cc1. The summed E-state index contributed by atoms with van der Waals surface area (Å²) in [6.07, 6.45) is 1.57. The number of halogens is 1.